The van der Waals surface area contributed by atoms with Gasteiger partial charge in [-0.1, -0.05) is 55.8 Å². The van der Waals surface area contributed by atoms with Crippen LogP contribution in [0.2, 0.25) is 0 Å². The predicted octanol–water partition coefficient (Wildman–Crippen LogP) is 3.14. The number of hydrogen-bond acceptors (Lipinski definition) is 2. The largest absolute Gasteiger partial charge is 0.348 e. The number of carbonyl (C=O) groups is 1. The van der Waals surface area contributed by atoms with Crippen LogP contribution in [0.15, 0.2) is 42.5 Å². The fourth-order valence-corrected chi connectivity index (χ4v) is 2.47. The second kappa shape index (κ2) is 6.53. The molecule has 20 heavy (non-hydrogen) atoms. The van der Waals surface area contributed by atoms with Crippen LogP contribution in [-0.4, -0.2) is 11.9 Å². The SMILES string of the molecule is CCCC(N)C(=O)NC(C)c1cccc2ccccc12. The summed E-state index contributed by atoms with van der Waals surface area (Å²) >= 11 is 0. The molecule has 106 valence electrons. The molecule has 0 fully saturated rings. The summed E-state index contributed by atoms with van der Waals surface area (Å²) in [6.45, 7) is 4.03. The maximum absolute atomic E-state index is 12.0. The van der Waals surface area contributed by atoms with Gasteiger partial charge in [0.2, 0.25) is 5.91 Å². The summed E-state index contributed by atoms with van der Waals surface area (Å²) in [5.41, 5.74) is 6.98. The van der Waals surface area contributed by atoms with Crippen LogP contribution in [0, 0.1) is 0 Å². The van der Waals surface area contributed by atoms with Crippen molar-refractivity contribution in [3.05, 3.63) is 48.0 Å². The molecule has 3 N–H and O–H groups in total. The molecule has 0 aliphatic heterocycles. The van der Waals surface area contributed by atoms with Crippen LogP contribution in [-0.2, 0) is 4.79 Å². The molecule has 2 atom stereocenters. The normalized spacial score (nSPS) is 13.9. The second-order valence-corrected chi connectivity index (χ2v) is 5.19. The Labute approximate surface area is 120 Å². The van der Waals surface area contributed by atoms with E-state index in [0.717, 1.165) is 12.0 Å². The van der Waals surface area contributed by atoms with Crippen molar-refractivity contribution in [2.24, 2.45) is 5.73 Å². The Morgan fingerprint density at radius 1 is 1.20 bits per heavy atom. The molecule has 3 nitrogen and oxygen atoms in total. The number of nitrogens with one attached hydrogen (secondary N) is 1. The number of fused-ring (bicyclic) bond motifs is 1. The van der Waals surface area contributed by atoms with E-state index in [1.165, 1.54) is 10.8 Å². The van der Waals surface area contributed by atoms with E-state index in [2.05, 4.69) is 29.6 Å². The summed E-state index contributed by atoms with van der Waals surface area (Å²) in [4.78, 5) is 12.0. The van der Waals surface area contributed by atoms with Gasteiger partial charge in [-0.25, -0.2) is 0 Å². The van der Waals surface area contributed by atoms with Gasteiger partial charge in [-0.2, -0.15) is 0 Å². The van der Waals surface area contributed by atoms with E-state index in [1.54, 1.807) is 0 Å². The van der Waals surface area contributed by atoms with Gasteiger partial charge in [0.1, 0.15) is 0 Å². The van der Waals surface area contributed by atoms with E-state index in [4.69, 9.17) is 5.73 Å². The average Bonchev–Trinajstić information content (AvgIpc) is 2.46. The first-order chi connectivity index (χ1) is 9.63. The maximum atomic E-state index is 12.0. The first-order valence-electron chi connectivity index (χ1n) is 7.17. The molecule has 0 radical (unpaired) electrons. The van der Waals surface area contributed by atoms with E-state index in [9.17, 15) is 4.79 Å². The van der Waals surface area contributed by atoms with Crippen molar-refractivity contribution in [1.29, 1.82) is 0 Å². The quantitative estimate of drug-likeness (QED) is 0.877. The first-order valence-corrected chi connectivity index (χ1v) is 7.17. The second-order valence-electron chi connectivity index (χ2n) is 5.19. The van der Waals surface area contributed by atoms with Crippen molar-refractivity contribution in [3.63, 3.8) is 0 Å². The number of benzene rings is 2. The Bertz CT molecular complexity index is 589. The molecule has 3 heteroatoms. The molecule has 0 aliphatic carbocycles. The molecule has 0 aromatic heterocycles. The Morgan fingerprint density at radius 3 is 2.65 bits per heavy atom. The summed E-state index contributed by atoms with van der Waals surface area (Å²) in [5.74, 6) is -0.0766. The topological polar surface area (TPSA) is 55.1 Å². The summed E-state index contributed by atoms with van der Waals surface area (Å²) in [7, 11) is 0. The minimum Gasteiger partial charge on any atom is -0.348 e. The van der Waals surface area contributed by atoms with Crippen LogP contribution in [0.4, 0.5) is 0 Å². The van der Waals surface area contributed by atoms with E-state index in [-0.39, 0.29) is 11.9 Å². The lowest BCUT2D eigenvalue weighted by molar-refractivity contribution is -0.123. The Hall–Kier alpha value is -1.87. The minimum atomic E-state index is -0.419. The van der Waals surface area contributed by atoms with Crippen molar-refractivity contribution < 1.29 is 4.79 Å². The molecule has 0 spiro atoms. The molecule has 2 rings (SSSR count). The molecule has 0 bridgehead atoms. The van der Waals surface area contributed by atoms with E-state index >= 15 is 0 Å². The van der Waals surface area contributed by atoms with Gasteiger partial charge in [0.05, 0.1) is 12.1 Å². The molecule has 0 heterocycles. The summed E-state index contributed by atoms with van der Waals surface area (Å²) in [6, 6.07) is 13.9. The molecule has 0 saturated carbocycles. The fourth-order valence-electron chi connectivity index (χ4n) is 2.47. The van der Waals surface area contributed by atoms with Crippen LogP contribution in [0.3, 0.4) is 0 Å². The summed E-state index contributed by atoms with van der Waals surface area (Å²) < 4.78 is 0. The van der Waals surface area contributed by atoms with Gasteiger partial charge in [0.25, 0.3) is 0 Å². The molecule has 2 unspecified atom stereocenters. The van der Waals surface area contributed by atoms with Crippen molar-refractivity contribution in [3.8, 4) is 0 Å². The highest BCUT2D eigenvalue weighted by Gasteiger charge is 2.16. The lowest BCUT2D eigenvalue weighted by Gasteiger charge is -2.19. The van der Waals surface area contributed by atoms with Crippen molar-refractivity contribution >= 4 is 16.7 Å². The molecule has 2 aromatic carbocycles. The van der Waals surface area contributed by atoms with Crippen LogP contribution in [0.25, 0.3) is 10.8 Å². The van der Waals surface area contributed by atoms with Crippen molar-refractivity contribution in [2.45, 2.75) is 38.8 Å². The van der Waals surface area contributed by atoms with Crippen molar-refractivity contribution in [2.75, 3.05) is 0 Å². The Kier molecular flexibility index (Phi) is 4.74. The zero-order valence-electron chi connectivity index (χ0n) is 12.1. The maximum Gasteiger partial charge on any atom is 0.237 e. The zero-order chi connectivity index (χ0) is 14.5. The van der Waals surface area contributed by atoms with Gasteiger partial charge in [0, 0.05) is 0 Å². The number of hydrogen-bond donors (Lipinski definition) is 2. The highest BCUT2D eigenvalue weighted by atomic mass is 16.2. The lowest BCUT2D eigenvalue weighted by Crippen LogP contribution is -2.41. The highest BCUT2D eigenvalue weighted by molar-refractivity contribution is 5.87. The lowest BCUT2D eigenvalue weighted by atomic mass is 9.99. The standard InChI is InChI=1S/C17H22N2O/c1-3-7-16(18)17(20)19-12(2)14-11-6-9-13-8-4-5-10-15(13)14/h4-6,8-12,16H,3,7,18H2,1-2H3,(H,19,20). The van der Waals surface area contributed by atoms with E-state index in [1.807, 2.05) is 32.0 Å². The number of rotatable bonds is 5. The highest BCUT2D eigenvalue weighted by Crippen LogP contribution is 2.24. The molecular weight excluding hydrogens is 248 g/mol. The van der Waals surface area contributed by atoms with Crippen LogP contribution in [0.1, 0.15) is 38.3 Å². The fraction of sp³-hybridized carbons (Fsp3) is 0.353. The van der Waals surface area contributed by atoms with Gasteiger partial charge in [-0.15, -0.1) is 0 Å². The van der Waals surface area contributed by atoms with E-state index in [0.29, 0.717) is 6.42 Å². The monoisotopic (exact) mass is 270 g/mol. The third-order valence-corrected chi connectivity index (χ3v) is 3.59. The smallest absolute Gasteiger partial charge is 0.237 e. The minimum absolute atomic E-state index is 0.0449. The van der Waals surface area contributed by atoms with Gasteiger partial charge in [-0.05, 0) is 29.7 Å². The van der Waals surface area contributed by atoms with E-state index < -0.39 is 6.04 Å². The summed E-state index contributed by atoms with van der Waals surface area (Å²) in [6.07, 6.45) is 1.63. The molecule has 0 saturated heterocycles. The summed E-state index contributed by atoms with van der Waals surface area (Å²) in [5, 5.41) is 5.37. The predicted molar refractivity (Wildman–Crippen MR) is 83.4 cm³/mol. The van der Waals surface area contributed by atoms with Gasteiger partial charge in [0.15, 0.2) is 0 Å². The first kappa shape index (κ1) is 14.5. The Balaban J connectivity index is 2.19. The van der Waals surface area contributed by atoms with Gasteiger partial charge in [-0.3, -0.25) is 4.79 Å². The number of amides is 1. The van der Waals surface area contributed by atoms with Crippen LogP contribution < -0.4 is 11.1 Å². The van der Waals surface area contributed by atoms with Gasteiger partial charge < -0.3 is 11.1 Å². The van der Waals surface area contributed by atoms with Crippen molar-refractivity contribution in [1.82, 2.24) is 5.32 Å². The molecule has 2 aromatic rings. The number of carbonyl (C=O) groups excluding carboxylic acids is 1. The average molecular weight is 270 g/mol. The van der Waals surface area contributed by atoms with Crippen LogP contribution >= 0.6 is 0 Å². The molecule has 0 aliphatic rings. The van der Waals surface area contributed by atoms with Crippen LogP contribution in [0.5, 0.6) is 0 Å². The third kappa shape index (κ3) is 3.17. The Morgan fingerprint density at radius 2 is 1.90 bits per heavy atom. The third-order valence-electron chi connectivity index (χ3n) is 3.59. The molecule has 1 amide bonds. The number of nitrogens with two attached hydrogens (primary N) is 1. The zero-order valence-corrected chi connectivity index (χ0v) is 12.1. The van der Waals surface area contributed by atoms with Gasteiger partial charge >= 0.3 is 0 Å². The molecular formula is C17H22N2O.